The molecule has 0 bridgehead atoms. The molecule has 2 aromatic rings. The minimum Gasteiger partial charge on any atom is -0.476 e. The van der Waals surface area contributed by atoms with Gasteiger partial charge in [0, 0.05) is 23.4 Å². The fourth-order valence-electron chi connectivity index (χ4n) is 1.97. The molecular weight excluding hydrogens is 422 g/mol. The Labute approximate surface area is 161 Å². The Bertz CT molecular complexity index is 895. The molecule has 2 aromatic heterocycles. The van der Waals surface area contributed by atoms with Gasteiger partial charge in [-0.3, -0.25) is 4.72 Å². The number of aromatic nitrogens is 2. The van der Waals surface area contributed by atoms with Crippen LogP contribution in [0, 0.1) is 11.3 Å². The number of hydrogen-bond acceptors (Lipinski definition) is 7. The molecule has 0 radical (unpaired) electrons. The maximum atomic E-state index is 12.5. The van der Waals surface area contributed by atoms with Crippen LogP contribution in [0.2, 0.25) is 0 Å². The molecule has 26 heavy (non-hydrogen) atoms. The monoisotopic (exact) mass is 439 g/mol. The van der Waals surface area contributed by atoms with E-state index >= 15 is 0 Å². The van der Waals surface area contributed by atoms with Crippen molar-refractivity contribution in [2.75, 3.05) is 32.0 Å². The lowest BCUT2D eigenvalue weighted by Crippen LogP contribution is -2.17. The number of nitrogens with zero attached hydrogens (tertiary/aromatic N) is 4. The van der Waals surface area contributed by atoms with Crippen LogP contribution in [-0.2, 0) is 10.0 Å². The number of anilines is 1. The van der Waals surface area contributed by atoms with E-state index in [-0.39, 0.29) is 22.2 Å². The molecule has 0 aliphatic heterocycles. The summed E-state index contributed by atoms with van der Waals surface area (Å²) in [7, 11) is 0.0302. The van der Waals surface area contributed by atoms with Gasteiger partial charge in [0.2, 0.25) is 5.88 Å². The van der Waals surface area contributed by atoms with E-state index in [1.807, 2.05) is 25.1 Å². The summed E-state index contributed by atoms with van der Waals surface area (Å²) in [5, 5.41) is 8.76. The summed E-state index contributed by atoms with van der Waals surface area (Å²) in [6, 6.07) is 6.07. The first-order valence-corrected chi connectivity index (χ1v) is 9.91. The maximum absolute atomic E-state index is 12.5. The van der Waals surface area contributed by atoms with Gasteiger partial charge in [-0.25, -0.2) is 18.4 Å². The Kier molecular flexibility index (Phi) is 6.90. The van der Waals surface area contributed by atoms with Crippen LogP contribution in [0.3, 0.4) is 0 Å². The number of nitrogens with one attached hydrogen (secondary N) is 1. The molecule has 10 heteroatoms. The van der Waals surface area contributed by atoms with Crippen molar-refractivity contribution in [1.29, 1.82) is 5.26 Å². The smallest absolute Gasteiger partial charge is 0.263 e. The number of ether oxygens (including phenoxy) is 1. The summed E-state index contributed by atoms with van der Waals surface area (Å²) in [6.07, 6.45) is 3.43. The number of pyridine rings is 2. The van der Waals surface area contributed by atoms with Gasteiger partial charge in [-0.2, -0.15) is 5.26 Å². The van der Waals surface area contributed by atoms with Gasteiger partial charge in [-0.05, 0) is 54.6 Å². The number of hydrogen-bond donors (Lipinski definition) is 1. The van der Waals surface area contributed by atoms with E-state index in [2.05, 4.69) is 30.6 Å². The molecule has 0 saturated heterocycles. The largest absolute Gasteiger partial charge is 0.476 e. The lowest BCUT2D eigenvalue weighted by atomic mass is 10.4. The van der Waals surface area contributed by atoms with Gasteiger partial charge in [0.15, 0.2) is 0 Å². The van der Waals surface area contributed by atoms with Crippen molar-refractivity contribution in [3.8, 4) is 11.9 Å². The van der Waals surface area contributed by atoms with E-state index in [0.29, 0.717) is 11.1 Å². The third-order valence-corrected chi connectivity index (χ3v) is 5.00. The molecule has 0 amide bonds. The average molecular weight is 440 g/mol. The van der Waals surface area contributed by atoms with Crippen molar-refractivity contribution in [1.82, 2.24) is 14.9 Å². The van der Waals surface area contributed by atoms with Crippen LogP contribution in [0.25, 0.3) is 0 Å². The highest BCUT2D eigenvalue weighted by molar-refractivity contribution is 9.10. The van der Waals surface area contributed by atoms with E-state index in [1.54, 1.807) is 6.07 Å². The van der Waals surface area contributed by atoms with Crippen LogP contribution in [0.5, 0.6) is 5.88 Å². The average Bonchev–Trinajstić information content (AvgIpc) is 2.60. The number of halogens is 1. The van der Waals surface area contributed by atoms with Crippen molar-refractivity contribution in [3.63, 3.8) is 0 Å². The van der Waals surface area contributed by atoms with Crippen LogP contribution >= 0.6 is 15.9 Å². The fourth-order valence-corrected chi connectivity index (χ4v) is 3.30. The molecule has 2 rings (SSSR count). The van der Waals surface area contributed by atoms with Crippen LogP contribution < -0.4 is 9.46 Å². The second kappa shape index (κ2) is 8.93. The molecule has 0 saturated carbocycles. The number of sulfonamides is 1. The van der Waals surface area contributed by atoms with E-state index < -0.39 is 10.0 Å². The molecular formula is C16H18BrN5O3S. The topological polar surface area (TPSA) is 108 Å². The van der Waals surface area contributed by atoms with Gasteiger partial charge in [0.25, 0.3) is 10.0 Å². The molecule has 0 atom stereocenters. The first kappa shape index (κ1) is 20.1. The second-order valence-electron chi connectivity index (χ2n) is 5.61. The molecule has 0 aromatic carbocycles. The lowest BCUT2D eigenvalue weighted by Gasteiger charge is -2.14. The summed E-state index contributed by atoms with van der Waals surface area (Å²) in [5.74, 6) is 0.192. The van der Waals surface area contributed by atoms with Crippen LogP contribution in [0.1, 0.15) is 12.1 Å². The summed E-state index contributed by atoms with van der Waals surface area (Å²) < 4.78 is 33.8. The van der Waals surface area contributed by atoms with Crippen molar-refractivity contribution in [3.05, 3.63) is 40.8 Å². The van der Waals surface area contributed by atoms with E-state index in [1.165, 1.54) is 18.3 Å². The molecule has 0 unspecified atom stereocenters. The molecule has 0 fully saturated rings. The first-order valence-electron chi connectivity index (χ1n) is 7.64. The molecule has 0 aliphatic carbocycles. The van der Waals surface area contributed by atoms with E-state index in [9.17, 15) is 8.42 Å². The van der Waals surface area contributed by atoms with Crippen molar-refractivity contribution in [2.24, 2.45) is 0 Å². The zero-order valence-corrected chi connectivity index (χ0v) is 16.7. The van der Waals surface area contributed by atoms with Gasteiger partial charge < -0.3 is 9.64 Å². The normalized spacial score (nSPS) is 11.2. The highest BCUT2D eigenvalue weighted by Gasteiger charge is 2.18. The van der Waals surface area contributed by atoms with Gasteiger partial charge in [0.1, 0.15) is 22.3 Å². The number of rotatable bonds is 8. The van der Waals surface area contributed by atoms with Crippen LogP contribution in [-0.4, -0.2) is 50.5 Å². The quantitative estimate of drug-likeness (QED) is 0.628. The van der Waals surface area contributed by atoms with E-state index in [4.69, 9.17) is 10.00 Å². The van der Waals surface area contributed by atoms with Gasteiger partial charge in [0.05, 0.1) is 6.61 Å². The van der Waals surface area contributed by atoms with Crippen LogP contribution in [0.15, 0.2) is 40.0 Å². The Hall–Kier alpha value is -2.22. The van der Waals surface area contributed by atoms with Gasteiger partial charge in [-0.1, -0.05) is 0 Å². The Morgan fingerprint density at radius 3 is 2.69 bits per heavy atom. The summed E-state index contributed by atoms with van der Waals surface area (Å²) in [5.41, 5.74) is 0.353. The van der Waals surface area contributed by atoms with Gasteiger partial charge >= 0.3 is 0 Å². The first-order chi connectivity index (χ1) is 12.3. The molecule has 0 spiro atoms. The third kappa shape index (κ3) is 5.66. The van der Waals surface area contributed by atoms with Crippen LogP contribution in [0.4, 0.5) is 5.69 Å². The molecule has 138 valence electrons. The third-order valence-electron chi connectivity index (χ3n) is 3.21. The zero-order valence-electron chi connectivity index (χ0n) is 14.3. The molecule has 0 aliphatic rings. The van der Waals surface area contributed by atoms with Crippen molar-refractivity contribution >= 4 is 31.6 Å². The Balaban J connectivity index is 2.18. The highest BCUT2D eigenvalue weighted by atomic mass is 79.9. The van der Waals surface area contributed by atoms with Gasteiger partial charge in [-0.15, -0.1) is 0 Å². The van der Waals surface area contributed by atoms with Crippen molar-refractivity contribution in [2.45, 2.75) is 11.3 Å². The number of nitriles is 1. The minimum absolute atomic E-state index is 0.0602. The SMILES string of the molecule is CN(C)CCCOc1ncc(Br)cc1NS(=O)(=O)c1ccc(C#N)nc1. The summed E-state index contributed by atoms with van der Waals surface area (Å²) >= 11 is 3.27. The molecule has 8 nitrogen and oxygen atoms in total. The molecule has 1 N–H and O–H groups in total. The lowest BCUT2D eigenvalue weighted by molar-refractivity contribution is 0.274. The predicted molar refractivity (Wildman–Crippen MR) is 100 cm³/mol. The van der Waals surface area contributed by atoms with Crippen molar-refractivity contribution < 1.29 is 13.2 Å². The zero-order chi connectivity index (χ0) is 19.2. The Morgan fingerprint density at radius 1 is 1.31 bits per heavy atom. The predicted octanol–water partition coefficient (Wildman–Crippen LogP) is 2.24. The minimum atomic E-state index is -3.89. The standard InChI is InChI=1S/C16H18BrN5O3S/c1-22(2)6-3-7-25-16-15(8-12(17)10-20-16)21-26(23,24)14-5-4-13(9-18)19-11-14/h4-5,8,10-11,21H,3,6-7H2,1-2H3. The maximum Gasteiger partial charge on any atom is 0.263 e. The Morgan fingerprint density at radius 2 is 2.08 bits per heavy atom. The summed E-state index contributed by atoms with van der Waals surface area (Å²) in [6.45, 7) is 1.24. The molecule has 2 heterocycles. The van der Waals surface area contributed by atoms with E-state index in [0.717, 1.165) is 19.2 Å². The fraction of sp³-hybridized carbons (Fsp3) is 0.312. The second-order valence-corrected chi connectivity index (χ2v) is 8.21. The highest BCUT2D eigenvalue weighted by Crippen LogP contribution is 2.28. The summed E-state index contributed by atoms with van der Waals surface area (Å²) in [4.78, 5) is 9.88.